The van der Waals surface area contributed by atoms with Crippen molar-refractivity contribution in [1.29, 1.82) is 0 Å². The maximum Gasteiger partial charge on any atom is 0.407 e. The maximum absolute atomic E-state index is 13.9. The highest BCUT2D eigenvalue weighted by Gasteiger charge is 2.29. The Balaban J connectivity index is 1.54. The second kappa shape index (κ2) is 11.1. The fraction of sp³-hybridized carbons (Fsp3) is 0.448. The van der Waals surface area contributed by atoms with Crippen molar-refractivity contribution in [3.8, 4) is 11.8 Å². The molecule has 0 bridgehead atoms. The number of aryl methyl sites for hydroxylation is 1. The quantitative estimate of drug-likeness (QED) is 0.370. The van der Waals surface area contributed by atoms with E-state index in [1.165, 1.54) is 15.5 Å². The standard InChI is InChI=1S/C29H34N8O4/c1-6-7-13-36-23-24(33-26(36)35-12-8-9-21(17-35)32-27(39)41-29(2,3)4)34(5)28(40)37(25(23)38)16-19-10-11-20-15-30-18-31-22(20)14-19/h10-11,14-15,18,21H,8-9,12-13,16-17H2,1-5H3,(H,32,39)/t21-/m1/s1. The Bertz CT molecular complexity index is 1800. The van der Waals surface area contributed by atoms with Crippen LogP contribution in [0.3, 0.4) is 0 Å². The summed E-state index contributed by atoms with van der Waals surface area (Å²) in [5, 5.41) is 3.82. The largest absolute Gasteiger partial charge is 0.444 e. The molecule has 0 radical (unpaired) electrons. The van der Waals surface area contributed by atoms with E-state index in [-0.39, 0.29) is 24.8 Å². The lowest BCUT2D eigenvalue weighted by Crippen LogP contribution is -2.49. The van der Waals surface area contributed by atoms with Gasteiger partial charge in [0.05, 0.1) is 18.6 Å². The number of rotatable bonds is 5. The van der Waals surface area contributed by atoms with Crippen LogP contribution in [0.2, 0.25) is 0 Å². The van der Waals surface area contributed by atoms with Gasteiger partial charge in [-0.1, -0.05) is 18.1 Å². The smallest absolute Gasteiger partial charge is 0.407 e. The van der Waals surface area contributed by atoms with Crippen molar-refractivity contribution in [1.82, 2.24) is 34.0 Å². The molecular formula is C29H34N8O4. The van der Waals surface area contributed by atoms with Gasteiger partial charge in [-0.2, -0.15) is 4.98 Å². The maximum atomic E-state index is 13.9. The molecule has 1 aromatic carbocycles. The molecule has 1 N–H and O–H groups in total. The Morgan fingerprint density at radius 3 is 2.78 bits per heavy atom. The average Bonchev–Trinajstić information content (AvgIpc) is 3.32. The van der Waals surface area contributed by atoms with Gasteiger partial charge in [-0.15, -0.1) is 5.92 Å². The lowest BCUT2D eigenvalue weighted by molar-refractivity contribution is 0.0499. The molecule has 41 heavy (non-hydrogen) atoms. The van der Waals surface area contributed by atoms with Gasteiger partial charge < -0.3 is 15.0 Å². The van der Waals surface area contributed by atoms with E-state index in [0.29, 0.717) is 24.6 Å². The molecule has 1 atom stereocenters. The number of ether oxygens (including phenoxy) is 1. The van der Waals surface area contributed by atoms with Gasteiger partial charge in [0.15, 0.2) is 11.2 Å². The lowest BCUT2D eigenvalue weighted by atomic mass is 10.1. The number of hydrogen-bond acceptors (Lipinski definition) is 8. The first-order valence-corrected chi connectivity index (χ1v) is 13.6. The fourth-order valence-corrected chi connectivity index (χ4v) is 5.10. The SMILES string of the molecule is CC#CCn1c(N2CCC[C@@H](NC(=O)OC(C)(C)C)C2)nc2c1c(=O)n(Cc1ccc3cncnc3c1)c(=O)n2C. The zero-order chi connectivity index (χ0) is 29.3. The van der Waals surface area contributed by atoms with Crippen molar-refractivity contribution in [2.24, 2.45) is 7.05 Å². The second-order valence-electron chi connectivity index (χ2n) is 11.2. The summed E-state index contributed by atoms with van der Waals surface area (Å²) in [6.45, 7) is 8.65. The van der Waals surface area contributed by atoms with Gasteiger partial charge >= 0.3 is 11.8 Å². The van der Waals surface area contributed by atoms with Crippen molar-refractivity contribution in [2.75, 3.05) is 18.0 Å². The van der Waals surface area contributed by atoms with Crippen LogP contribution >= 0.6 is 0 Å². The highest BCUT2D eigenvalue weighted by Crippen LogP contribution is 2.24. The van der Waals surface area contributed by atoms with Crippen LogP contribution in [0.25, 0.3) is 22.1 Å². The van der Waals surface area contributed by atoms with Crippen molar-refractivity contribution in [3.63, 3.8) is 0 Å². The fourth-order valence-electron chi connectivity index (χ4n) is 5.10. The van der Waals surface area contributed by atoms with Crippen LogP contribution in [0.5, 0.6) is 0 Å². The van der Waals surface area contributed by atoms with Crippen LogP contribution in [0.15, 0.2) is 40.3 Å². The number of amides is 1. The Morgan fingerprint density at radius 2 is 2.02 bits per heavy atom. The Labute approximate surface area is 237 Å². The molecule has 4 aromatic rings. The monoisotopic (exact) mass is 558 g/mol. The molecule has 1 aliphatic heterocycles. The van der Waals surface area contributed by atoms with Gasteiger partial charge in [-0.3, -0.25) is 18.5 Å². The van der Waals surface area contributed by atoms with Gasteiger partial charge in [0.2, 0.25) is 5.95 Å². The topological polar surface area (TPSA) is 129 Å². The number of nitrogens with one attached hydrogen (secondary N) is 1. The van der Waals surface area contributed by atoms with E-state index in [1.54, 1.807) is 24.7 Å². The molecule has 1 fully saturated rings. The number of anilines is 1. The third-order valence-electron chi connectivity index (χ3n) is 6.96. The minimum atomic E-state index is -0.601. The number of fused-ring (bicyclic) bond motifs is 2. The minimum Gasteiger partial charge on any atom is -0.444 e. The number of nitrogens with zero attached hydrogens (tertiary/aromatic N) is 7. The summed E-state index contributed by atoms with van der Waals surface area (Å²) in [4.78, 5) is 54.9. The van der Waals surface area contributed by atoms with Crippen LogP contribution in [0, 0.1) is 11.8 Å². The number of hydrogen-bond donors (Lipinski definition) is 1. The van der Waals surface area contributed by atoms with Gasteiger partial charge in [0.25, 0.3) is 5.56 Å². The lowest BCUT2D eigenvalue weighted by Gasteiger charge is -2.34. The van der Waals surface area contributed by atoms with Gasteiger partial charge in [-0.25, -0.2) is 19.6 Å². The van der Waals surface area contributed by atoms with E-state index in [1.807, 2.05) is 43.9 Å². The summed E-state index contributed by atoms with van der Waals surface area (Å²) in [6, 6.07) is 5.42. The summed E-state index contributed by atoms with van der Waals surface area (Å²) in [5.74, 6) is 6.48. The van der Waals surface area contributed by atoms with E-state index < -0.39 is 22.9 Å². The molecule has 0 spiro atoms. The molecule has 1 amide bonds. The van der Waals surface area contributed by atoms with Crippen LogP contribution < -0.4 is 21.5 Å². The van der Waals surface area contributed by atoms with Crippen molar-refractivity contribution < 1.29 is 9.53 Å². The van der Waals surface area contributed by atoms with E-state index in [2.05, 4.69) is 27.1 Å². The number of piperidine rings is 1. The molecule has 0 aliphatic carbocycles. The molecule has 1 saturated heterocycles. The number of aromatic nitrogens is 6. The van der Waals surface area contributed by atoms with Crippen molar-refractivity contribution in [2.45, 2.75) is 65.3 Å². The molecule has 5 rings (SSSR count). The number of carbonyl (C=O) groups excluding carboxylic acids is 1. The Morgan fingerprint density at radius 1 is 1.22 bits per heavy atom. The minimum absolute atomic E-state index is 0.0763. The average molecular weight is 559 g/mol. The molecule has 12 nitrogen and oxygen atoms in total. The van der Waals surface area contributed by atoms with Crippen molar-refractivity contribution >= 4 is 34.1 Å². The highest BCUT2D eigenvalue weighted by atomic mass is 16.6. The second-order valence-corrected chi connectivity index (χ2v) is 11.2. The predicted molar refractivity (Wildman–Crippen MR) is 156 cm³/mol. The normalized spacial score (nSPS) is 15.5. The van der Waals surface area contributed by atoms with Gasteiger partial charge in [0.1, 0.15) is 11.9 Å². The first-order chi connectivity index (χ1) is 19.6. The van der Waals surface area contributed by atoms with Crippen molar-refractivity contribution in [3.05, 3.63) is 57.1 Å². The molecular weight excluding hydrogens is 524 g/mol. The predicted octanol–water partition coefficient (Wildman–Crippen LogP) is 2.41. The molecule has 3 aromatic heterocycles. The first-order valence-electron chi connectivity index (χ1n) is 13.6. The third kappa shape index (κ3) is 5.79. The zero-order valence-corrected chi connectivity index (χ0v) is 24.0. The van der Waals surface area contributed by atoms with E-state index in [4.69, 9.17) is 9.72 Å². The molecule has 1 aliphatic rings. The number of carbonyl (C=O) groups is 1. The summed E-state index contributed by atoms with van der Waals surface area (Å²) >= 11 is 0. The number of alkyl carbamates (subject to hydrolysis) is 1. The van der Waals surface area contributed by atoms with Crippen LogP contribution in [-0.4, -0.2) is 59.5 Å². The third-order valence-corrected chi connectivity index (χ3v) is 6.96. The van der Waals surface area contributed by atoms with Gasteiger partial charge in [-0.05, 0) is 52.2 Å². The Kier molecular flexibility index (Phi) is 7.53. The molecule has 12 heteroatoms. The van der Waals surface area contributed by atoms with E-state index >= 15 is 0 Å². The van der Waals surface area contributed by atoms with E-state index in [0.717, 1.165) is 29.3 Å². The van der Waals surface area contributed by atoms with Crippen LogP contribution in [-0.2, 0) is 24.9 Å². The molecule has 0 saturated carbocycles. The Hall–Kier alpha value is -4.66. The summed E-state index contributed by atoms with van der Waals surface area (Å²) < 4.78 is 9.83. The highest BCUT2D eigenvalue weighted by molar-refractivity contribution is 5.78. The zero-order valence-electron chi connectivity index (χ0n) is 24.0. The summed E-state index contributed by atoms with van der Waals surface area (Å²) in [5.41, 5.74) is 0.577. The number of benzene rings is 1. The molecule has 4 heterocycles. The first kappa shape index (κ1) is 27.9. The summed E-state index contributed by atoms with van der Waals surface area (Å²) in [7, 11) is 1.61. The summed E-state index contributed by atoms with van der Waals surface area (Å²) in [6.07, 6.45) is 4.30. The van der Waals surface area contributed by atoms with Gasteiger partial charge in [0, 0.05) is 37.8 Å². The van der Waals surface area contributed by atoms with E-state index in [9.17, 15) is 14.4 Å². The molecule has 0 unspecified atom stereocenters. The van der Waals surface area contributed by atoms with Crippen LogP contribution in [0.1, 0.15) is 46.1 Å². The van der Waals surface area contributed by atoms with Crippen LogP contribution in [0.4, 0.5) is 10.7 Å². The number of imidazole rings is 1. The molecule has 214 valence electrons.